The van der Waals surface area contributed by atoms with E-state index in [4.69, 9.17) is 0 Å². The summed E-state index contributed by atoms with van der Waals surface area (Å²) in [5.41, 5.74) is 3.08. The molecule has 0 bridgehead atoms. The van der Waals surface area contributed by atoms with Gasteiger partial charge in [-0.25, -0.2) is 0 Å². The fourth-order valence-electron chi connectivity index (χ4n) is 1.99. The van der Waals surface area contributed by atoms with Crippen LogP contribution in [-0.2, 0) is 0 Å². The van der Waals surface area contributed by atoms with Crippen LogP contribution in [0.25, 0.3) is 10.9 Å². The Bertz CT molecular complexity index is 572. The number of nitrogens with zero attached hydrogens (tertiary/aromatic N) is 1. The predicted molar refractivity (Wildman–Crippen MR) is 80.4 cm³/mol. The van der Waals surface area contributed by atoms with Gasteiger partial charge in [0.2, 0.25) is 0 Å². The lowest BCUT2D eigenvalue weighted by Gasteiger charge is -2.26. The van der Waals surface area contributed by atoms with Crippen molar-refractivity contribution in [3.8, 4) is 0 Å². The van der Waals surface area contributed by atoms with Gasteiger partial charge in [-0.2, -0.15) is 0 Å². The molecule has 3 heteroatoms. The first-order chi connectivity index (χ1) is 8.89. The van der Waals surface area contributed by atoms with E-state index in [0.717, 1.165) is 22.2 Å². The summed E-state index contributed by atoms with van der Waals surface area (Å²) < 4.78 is 0. The minimum atomic E-state index is -0.388. The van der Waals surface area contributed by atoms with Crippen molar-refractivity contribution in [1.29, 1.82) is 0 Å². The van der Waals surface area contributed by atoms with E-state index in [9.17, 15) is 5.11 Å². The maximum absolute atomic E-state index is 10.1. The molecule has 2 N–H and O–H groups in total. The standard InChI is InChI=1S/C16H22N2O/c1-11-6-5-7-12-13(8-9-17-15(11)12)18-10-14(19)16(2,3)4/h5-9,14,19H,10H2,1-4H3,(H,17,18). The number of anilines is 1. The first-order valence-electron chi connectivity index (χ1n) is 6.66. The molecule has 3 nitrogen and oxygen atoms in total. The first kappa shape index (κ1) is 13.8. The van der Waals surface area contributed by atoms with Gasteiger partial charge in [0.05, 0.1) is 11.6 Å². The Hall–Kier alpha value is -1.61. The molecule has 0 amide bonds. The lowest BCUT2D eigenvalue weighted by molar-refractivity contribution is 0.0746. The van der Waals surface area contributed by atoms with Gasteiger partial charge < -0.3 is 10.4 Å². The fourth-order valence-corrected chi connectivity index (χ4v) is 1.99. The van der Waals surface area contributed by atoms with E-state index in [1.807, 2.05) is 32.9 Å². The highest BCUT2D eigenvalue weighted by Gasteiger charge is 2.21. The van der Waals surface area contributed by atoms with Gasteiger partial charge >= 0.3 is 0 Å². The number of aromatic nitrogens is 1. The number of aryl methyl sites for hydroxylation is 1. The van der Waals surface area contributed by atoms with Crippen molar-refractivity contribution < 1.29 is 5.11 Å². The fraction of sp³-hybridized carbons (Fsp3) is 0.438. The smallest absolute Gasteiger partial charge is 0.0760 e. The summed E-state index contributed by atoms with van der Waals surface area (Å²) in [6.45, 7) is 8.70. The summed E-state index contributed by atoms with van der Waals surface area (Å²) >= 11 is 0. The van der Waals surface area contributed by atoms with Crippen LogP contribution in [0.3, 0.4) is 0 Å². The summed E-state index contributed by atoms with van der Waals surface area (Å²) in [5, 5.41) is 14.5. The van der Waals surface area contributed by atoms with Gasteiger partial charge in [0.15, 0.2) is 0 Å². The molecule has 0 aliphatic rings. The molecular formula is C16H22N2O. The number of aliphatic hydroxyl groups is 1. The van der Waals surface area contributed by atoms with Crippen molar-refractivity contribution >= 4 is 16.6 Å². The minimum absolute atomic E-state index is 0.119. The molecule has 0 saturated heterocycles. The van der Waals surface area contributed by atoms with Crippen LogP contribution < -0.4 is 5.32 Å². The van der Waals surface area contributed by atoms with Gasteiger partial charge in [-0.3, -0.25) is 4.98 Å². The van der Waals surface area contributed by atoms with Crippen LogP contribution in [-0.4, -0.2) is 22.7 Å². The molecule has 102 valence electrons. The number of fused-ring (bicyclic) bond motifs is 1. The maximum Gasteiger partial charge on any atom is 0.0760 e. The molecule has 0 radical (unpaired) electrons. The van der Waals surface area contributed by atoms with Gasteiger partial charge in [0.25, 0.3) is 0 Å². The second-order valence-electron chi connectivity index (χ2n) is 6.09. The minimum Gasteiger partial charge on any atom is -0.391 e. The Balaban J connectivity index is 2.25. The van der Waals surface area contributed by atoms with Gasteiger partial charge in [-0.15, -0.1) is 0 Å². The monoisotopic (exact) mass is 258 g/mol. The number of benzene rings is 1. The number of pyridine rings is 1. The highest BCUT2D eigenvalue weighted by atomic mass is 16.3. The molecule has 0 fully saturated rings. The third kappa shape index (κ3) is 3.04. The van der Waals surface area contributed by atoms with Crippen molar-refractivity contribution in [3.05, 3.63) is 36.0 Å². The molecule has 1 atom stereocenters. The molecule has 0 saturated carbocycles. The molecule has 1 unspecified atom stereocenters. The van der Waals surface area contributed by atoms with Crippen LogP contribution >= 0.6 is 0 Å². The number of hydrogen-bond donors (Lipinski definition) is 2. The van der Waals surface area contributed by atoms with Crippen molar-refractivity contribution in [2.24, 2.45) is 5.41 Å². The van der Waals surface area contributed by atoms with Crippen molar-refractivity contribution in [2.45, 2.75) is 33.8 Å². The average molecular weight is 258 g/mol. The van der Waals surface area contributed by atoms with Crippen LogP contribution in [0.15, 0.2) is 30.5 Å². The van der Waals surface area contributed by atoms with Gasteiger partial charge in [-0.05, 0) is 24.0 Å². The molecular weight excluding hydrogens is 236 g/mol. The summed E-state index contributed by atoms with van der Waals surface area (Å²) in [4.78, 5) is 4.41. The zero-order valence-corrected chi connectivity index (χ0v) is 12.1. The number of para-hydroxylation sites is 1. The third-order valence-electron chi connectivity index (χ3n) is 3.46. The van der Waals surface area contributed by atoms with E-state index >= 15 is 0 Å². The van der Waals surface area contributed by atoms with Crippen molar-refractivity contribution in [1.82, 2.24) is 4.98 Å². The first-order valence-corrected chi connectivity index (χ1v) is 6.66. The summed E-state index contributed by atoms with van der Waals surface area (Å²) in [6.07, 6.45) is 1.42. The van der Waals surface area contributed by atoms with Crippen LogP contribution in [0.1, 0.15) is 26.3 Å². The molecule has 0 aliphatic heterocycles. The van der Waals surface area contributed by atoms with Crippen molar-refractivity contribution in [2.75, 3.05) is 11.9 Å². The Morgan fingerprint density at radius 3 is 2.68 bits per heavy atom. The molecule has 1 aromatic heterocycles. The molecule has 0 aliphatic carbocycles. The third-order valence-corrected chi connectivity index (χ3v) is 3.46. The van der Waals surface area contributed by atoms with E-state index in [1.165, 1.54) is 0 Å². The Morgan fingerprint density at radius 1 is 1.26 bits per heavy atom. The van der Waals surface area contributed by atoms with Crippen LogP contribution in [0.2, 0.25) is 0 Å². The Morgan fingerprint density at radius 2 is 2.00 bits per heavy atom. The summed E-state index contributed by atoms with van der Waals surface area (Å²) in [6, 6.07) is 8.10. The lowest BCUT2D eigenvalue weighted by atomic mass is 9.89. The van der Waals surface area contributed by atoms with E-state index in [2.05, 4.69) is 29.4 Å². The summed E-state index contributed by atoms with van der Waals surface area (Å²) in [5.74, 6) is 0. The van der Waals surface area contributed by atoms with Gasteiger partial charge in [0.1, 0.15) is 0 Å². The Kier molecular flexibility index (Phi) is 3.76. The van der Waals surface area contributed by atoms with Crippen molar-refractivity contribution in [3.63, 3.8) is 0 Å². The largest absolute Gasteiger partial charge is 0.391 e. The van der Waals surface area contributed by atoms with Crippen LogP contribution in [0, 0.1) is 12.3 Å². The molecule has 2 aromatic rings. The number of rotatable bonds is 3. The molecule has 1 aromatic carbocycles. The van der Waals surface area contributed by atoms with E-state index in [1.54, 1.807) is 6.20 Å². The van der Waals surface area contributed by atoms with E-state index in [0.29, 0.717) is 6.54 Å². The average Bonchev–Trinajstić information content (AvgIpc) is 2.35. The van der Waals surface area contributed by atoms with Crippen LogP contribution in [0.4, 0.5) is 5.69 Å². The molecule has 19 heavy (non-hydrogen) atoms. The van der Waals surface area contributed by atoms with Gasteiger partial charge in [-0.1, -0.05) is 39.0 Å². The quantitative estimate of drug-likeness (QED) is 0.887. The molecule has 2 rings (SSSR count). The maximum atomic E-state index is 10.1. The van der Waals surface area contributed by atoms with E-state index in [-0.39, 0.29) is 11.5 Å². The summed E-state index contributed by atoms with van der Waals surface area (Å²) in [7, 11) is 0. The highest BCUT2D eigenvalue weighted by molar-refractivity contribution is 5.92. The predicted octanol–water partition coefficient (Wildman–Crippen LogP) is 3.36. The van der Waals surface area contributed by atoms with Crippen LogP contribution in [0.5, 0.6) is 0 Å². The second kappa shape index (κ2) is 5.17. The highest BCUT2D eigenvalue weighted by Crippen LogP contribution is 2.25. The van der Waals surface area contributed by atoms with E-state index < -0.39 is 0 Å². The molecule has 0 spiro atoms. The normalized spacial score (nSPS) is 13.5. The zero-order chi connectivity index (χ0) is 14.0. The topological polar surface area (TPSA) is 45.1 Å². The Labute approximate surface area is 114 Å². The van der Waals surface area contributed by atoms with Gasteiger partial charge in [0, 0.05) is 23.8 Å². The zero-order valence-electron chi connectivity index (χ0n) is 12.1. The second-order valence-corrected chi connectivity index (χ2v) is 6.09. The number of nitrogens with one attached hydrogen (secondary N) is 1. The number of hydrogen-bond acceptors (Lipinski definition) is 3. The lowest BCUT2D eigenvalue weighted by Crippen LogP contribution is -2.32. The SMILES string of the molecule is Cc1cccc2c(NCC(O)C(C)(C)C)ccnc12. The molecule has 1 heterocycles. The number of aliphatic hydroxyl groups excluding tert-OH is 1.